The lowest BCUT2D eigenvalue weighted by Crippen LogP contribution is -2.33. The van der Waals surface area contributed by atoms with E-state index in [0.717, 1.165) is 18.1 Å². The molecule has 80 valence electrons. The Bertz CT molecular complexity index is 235. The Morgan fingerprint density at radius 2 is 2.29 bits per heavy atom. The molecule has 0 radical (unpaired) electrons. The van der Waals surface area contributed by atoms with Crippen molar-refractivity contribution >= 4 is 11.8 Å². The second-order valence-corrected chi connectivity index (χ2v) is 4.81. The van der Waals surface area contributed by atoms with E-state index in [4.69, 9.17) is 4.42 Å². The number of nitrogens with one attached hydrogen (secondary N) is 1. The molecule has 3 heteroatoms. The van der Waals surface area contributed by atoms with Gasteiger partial charge in [-0.15, -0.1) is 11.8 Å². The van der Waals surface area contributed by atoms with Gasteiger partial charge in [0.1, 0.15) is 5.76 Å². The van der Waals surface area contributed by atoms with Crippen molar-refractivity contribution in [3.05, 3.63) is 24.2 Å². The van der Waals surface area contributed by atoms with Gasteiger partial charge in [0.25, 0.3) is 0 Å². The Labute approximate surface area is 90.5 Å². The van der Waals surface area contributed by atoms with Gasteiger partial charge < -0.3 is 9.73 Å². The monoisotopic (exact) mass is 213 g/mol. The fraction of sp³-hybridized carbons (Fsp3) is 0.636. The Morgan fingerprint density at radius 3 is 2.86 bits per heavy atom. The highest BCUT2D eigenvalue weighted by Crippen LogP contribution is 2.20. The first-order chi connectivity index (χ1) is 6.74. The van der Waals surface area contributed by atoms with Crippen LogP contribution in [0.1, 0.15) is 26.5 Å². The maximum Gasteiger partial charge on any atom is 0.113 e. The minimum absolute atomic E-state index is 0.556. The Morgan fingerprint density at radius 1 is 1.50 bits per heavy atom. The number of hydrogen-bond acceptors (Lipinski definition) is 3. The van der Waals surface area contributed by atoms with Gasteiger partial charge in [-0.25, -0.2) is 0 Å². The van der Waals surface area contributed by atoms with Crippen LogP contribution in [0.3, 0.4) is 0 Å². The highest BCUT2D eigenvalue weighted by atomic mass is 32.2. The molecule has 1 N–H and O–H groups in total. The lowest BCUT2D eigenvalue weighted by atomic mass is 10.2. The molecule has 0 aromatic carbocycles. The summed E-state index contributed by atoms with van der Waals surface area (Å²) < 4.78 is 5.28. The van der Waals surface area contributed by atoms with E-state index >= 15 is 0 Å². The van der Waals surface area contributed by atoms with E-state index in [9.17, 15) is 0 Å². The SMILES string of the molecule is CCNC(C)C(C)SCc1ccco1. The minimum atomic E-state index is 0.556. The predicted molar refractivity (Wildman–Crippen MR) is 62.6 cm³/mol. The second kappa shape index (κ2) is 6.14. The molecule has 0 fully saturated rings. The summed E-state index contributed by atoms with van der Waals surface area (Å²) in [6.07, 6.45) is 1.73. The molecule has 0 saturated carbocycles. The quantitative estimate of drug-likeness (QED) is 0.786. The molecule has 1 rings (SSSR count). The van der Waals surface area contributed by atoms with Crippen LogP contribution in [0.2, 0.25) is 0 Å². The Kier molecular flexibility index (Phi) is 5.12. The maximum atomic E-state index is 5.28. The highest BCUT2D eigenvalue weighted by molar-refractivity contribution is 7.99. The summed E-state index contributed by atoms with van der Waals surface area (Å²) in [5, 5.41) is 4.04. The smallest absolute Gasteiger partial charge is 0.113 e. The normalized spacial score (nSPS) is 15.4. The van der Waals surface area contributed by atoms with Crippen molar-refractivity contribution in [3.63, 3.8) is 0 Å². The van der Waals surface area contributed by atoms with Crippen LogP contribution in [-0.2, 0) is 5.75 Å². The third kappa shape index (κ3) is 3.76. The number of hydrogen-bond donors (Lipinski definition) is 1. The molecule has 0 aliphatic carbocycles. The molecule has 2 atom stereocenters. The zero-order valence-corrected chi connectivity index (χ0v) is 9.93. The van der Waals surface area contributed by atoms with Crippen molar-refractivity contribution in [2.24, 2.45) is 0 Å². The standard InChI is InChI=1S/C11H19NOS/c1-4-12-9(2)10(3)14-8-11-6-5-7-13-11/h5-7,9-10,12H,4,8H2,1-3H3. The summed E-state index contributed by atoms with van der Waals surface area (Å²) in [5.74, 6) is 2.02. The van der Waals surface area contributed by atoms with E-state index in [0.29, 0.717) is 11.3 Å². The van der Waals surface area contributed by atoms with Crippen molar-refractivity contribution in [1.29, 1.82) is 0 Å². The van der Waals surface area contributed by atoms with Crippen LogP contribution in [0.15, 0.2) is 22.8 Å². The van der Waals surface area contributed by atoms with Crippen molar-refractivity contribution in [2.75, 3.05) is 6.54 Å². The number of thioether (sulfide) groups is 1. The predicted octanol–water partition coefficient (Wildman–Crippen LogP) is 2.90. The third-order valence-corrected chi connectivity index (χ3v) is 3.68. The minimum Gasteiger partial charge on any atom is -0.468 e. The molecule has 2 nitrogen and oxygen atoms in total. The Balaban J connectivity index is 2.24. The van der Waals surface area contributed by atoms with Gasteiger partial charge in [0.2, 0.25) is 0 Å². The molecule has 0 saturated heterocycles. The molecule has 0 aliphatic rings. The molecule has 1 aromatic heterocycles. The van der Waals surface area contributed by atoms with E-state index in [1.54, 1.807) is 6.26 Å². The molecule has 2 unspecified atom stereocenters. The summed E-state index contributed by atoms with van der Waals surface area (Å²) in [5.41, 5.74) is 0. The van der Waals surface area contributed by atoms with Crippen LogP contribution in [-0.4, -0.2) is 17.8 Å². The van der Waals surface area contributed by atoms with Crippen molar-refractivity contribution in [2.45, 2.75) is 37.8 Å². The fourth-order valence-electron chi connectivity index (χ4n) is 1.24. The van der Waals surface area contributed by atoms with Gasteiger partial charge in [-0.05, 0) is 25.6 Å². The average molecular weight is 213 g/mol. The molecule has 1 aromatic rings. The lowest BCUT2D eigenvalue weighted by molar-refractivity contribution is 0.528. The van der Waals surface area contributed by atoms with Crippen LogP contribution in [0.25, 0.3) is 0 Å². The maximum absolute atomic E-state index is 5.28. The van der Waals surface area contributed by atoms with Crippen LogP contribution in [0.5, 0.6) is 0 Å². The molecule has 1 heterocycles. The van der Waals surface area contributed by atoms with E-state index in [1.807, 2.05) is 23.9 Å². The van der Waals surface area contributed by atoms with Gasteiger partial charge in [-0.3, -0.25) is 0 Å². The summed E-state index contributed by atoms with van der Waals surface area (Å²) in [7, 11) is 0. The highest BCUT2D eigenvalue weighted by Gasteiger charge is 2.11. The van der Waals surface area contributed by atoms with Crippen LogP contribution in [0, 0.1) is 0 Å². The summed E-state index contributed by atoms with van der Waals surface area (Å²) in [6.45, 7) is 7.65. The van der Waals surface area contributed by atoms with E-state index < -0.39 is 0 Å². The molecular weight excluding hydrogens is 194 g/mol. The average Bonchev–Trinajstić information content (AvgIpc) is 2.67. The van der Waals surface area contributed by atoms with Crippen LogP contribution in [0.4, 0.5) is 0 Å². The third-order valence-electron chi connectivity index (χ3n) is 2.30. The van der Waals surface area contributed by atoms with E-state index in [2.05, 4.69) is 26.1 Å². The van der Waals surface area contributed by atoms with E-state index in [-0.39, 0.29) is 0 Å². The zero-order chi connectivity index (χ0) is 10.4. The molecule has 0 bridgehead atoms. The molecule has 0 aliphatic heterocycles. The fourth-order valence-corrected chi connectivity index (χ4v) is 2.22. The van der Waals surface area contributed by atoms with Crippen molar-refractivity contribution in [1.82, 2.24) is 5.32 Å². The van der Waals surface area contributed by atoms with Gasteiger partial charge in [0, 0.05) is 11.3 Å². The number of rotatable bonds is 6. The molecule has 14 heavy (non-hydrogen) atoms. The van der Waals surface area contributed by atoms with Crippen molar-refractivity contribution in [3.8, 4) is 0 Å². The zero-order valence-electron chi connectivity index (χ0n) is 9.12. The van der Waals surface area contributed by atoms with Crippen molar-refractivity contribution < 1.29 is 4.42 Å². The van der Waals surface area contributed by atoms with Gasteiger partial charge in [0.15, 0.2) is 0 Å². The van der Waals surface area contributed by atoms with Crippen LogP contribution >= 0.6 is 11.8 Å². The van der Waals surface area contributed by atoms with Gasteiger partial charge in [-0.2, -0.15) is 0 Å². The van der Waals surface area contributed by atoms with Crippen LogP contribution < -0.4 is 5.32 Å². The lowest BCUT2D eigenvalue weighted by Gasteiger charge is -2.19. The second-order valence-electron chi connectivity index (χ2n) is 3.44. The molecule has 0 amide bonds. The molecular formula is C11H19NOS. The first-order valence-corrected chi connectivity index (χ1v) is 6.16. The van der Waals surface area contributed by atoms with Gasteiger partial charge in [-0.1, -0.05) is 13.8 Å². The summed E-state index contributed by atoms with van der Waals surface area (Å²) in [4.78, 5) is 0. The van der Waals surface area contributed by atoms with Gasteiger partial charge in [0.05, 0.1) is 12.0 Å². The van der Waals surface area contributed by atoms with Gasteiger partial charge >= 0.3 is 0 Å². The topological polar surface area (TPSA) is 25.2 Å². The number of furan rings is 1. The Hall–Kier alpha value is -0.410. The first kappa shape index (κ1) is 11.7. The largest absolute Gasteiger partial charge is 0.468 e. The molecule has 0 spiro atoms. The first-order valence-electron chi connectivity index (χ1n) is 5.11. The summed E-state index contributed by atoms with van der Waals surface area (Å²) >= 11 is 1.93. The van der Waals surface area contributed by atoms with E-state index in [1.165, 1.54) is 0 Å². The summed E-state index contributed by atoms with van der Waals surface area (Å²) in [6, 6.07) is 4.52.